The van der Waals surface area contributed by atoms with Gasteiger partial charge in [-0.25, -0.2) is 0 Å². The van der Waals surface area contributed by atoms with Gasteiger partial charge in [-0.15, -0.1) is 24.0 Å². The Morgan fingerprint density at radius 3 is 2.68 bits per heavy atom. The summed E-state index contributed by atoms with van der Waals surface area (Å²) in [6.07, 6.45) is 5.89. The van der Waals surface area contributed by atoms with Crippen molar-refractivity contribution >= 4 is 29.9 Å². The molecule has 2 fully saturated rings. The molecule has 0 aromatic heterocycles. The molecule has 0 atom stereocenters. The van der Waals surface area contributed by atoms with Gasteiger partial charge in [-0.3, -0.25) is 4.99 Å². The Labute approximate surface area is 152 Å². The molecule has 0 radical (unpaired) electrons. The van der Waals surface area contributed by atoms with Crippen LogP contribution in [-0.2, 0) is 9.47 Å². The van der Waals surface area contributed by atoms with E-state index < -0.39 is 0 Å². The normalized spacial score (nSPS) is 20.0. The van der Waals surface area contributed by atoms with Gasteiger partial charge >= 0.3 is 0 Å². The Balaban J connectivity index is 0.00000242. The summed E-state index contributed by atoms with van der Waals surface area (Å²) in [5.41, 5.74) is 0. The highest BCUT2D eigenvalue weighted by Gasteiger charge is 2.15. The predicted molar refractivity (Wildman–Crippen MR) is 101 cm³/mol. The first-order valence-electron chi connectivity index (χ1n) is 8.59. The van der Waals surface area contributed by atoms with Crippen molar-refractivity contribution in [1.29, 1.82) is 0 Å². The number of hydrogen-bond donors (Lipinski definition) is 1. The van der Waals surface area contributed by atoms with Gasteiger partial charge in [-0.05, 0) is 44.9 Å². The van der Waals surface area contributed by atoms with E-state index in [1.54, 1.807) is 0 Å². The zero-order chi connectivity index (χ0) is 14.8. The standard InChI is InChI=1S/C16H31N3O2.HI/c1-2-17-16(19-9-3-4-10-19)18-8-5-11-21-14-15-6-12-20-13-7-15;/h15H,2-14H2,1H3,(H,17,18);1H. The predicted octanol–water partition coefficient (Wildman–Crippen LogP) is 2.50. The summed E-state index contributed by atoms with van der Waals surface area (Å²) in [4.78, 5) is 7.08. The zero-order valence-electron chi connectivity index (χ0n) is 13.9. The minimum Gasteiger partial charge on any atom is -0.381 e. The van der Waals surface area contributed by atoms with E-state index in [1.807, 2.05) is 0 Å². The molecular formula is C16H32IN3O2. The molecule has 0 aromatic rings. The third-order valence-corrected chi connectivity index (χ3v) is 4.14. The van der Waals surface area contributed by atoms with Gasteiger partial charge in [0, 0.05) is 52.6 Å². The van der Waals surface area contributed by atoms with Gasteiger partial charge in [0.2, 0.25) is 0 Å². The van der Waals surface area contributed by atoms with E-state index in [0.29, 0.717) is 5.92 Å². The number of guanidine groups is 1. The van der Waals surface area contributed by atoms with Crippen molar-refractivity contribution in [3.05, 3.63) is 0 Å². The van der Waals surface area contributed by atoms with E-state index >= 15 is 0 Å². The number of aliphatic imine (C=N–C) groups is 1. The molecule has 0 unspecified atom stereocenters. The average Bonchev–Trinajstić information content (AvgIpc) is 3.05. The third-order valence-electron chi connectivity index (χ3n) is 4.14. The Bertz CT molecular complexity index is 304. The van der Waals surface area contributed by atoms with E-state index in [0.717, 1.165) is 77.8 Å². The minimum atomic E-state index is 0. The van der Waals surface area contributed by atoms with E-state index in [9.17, 15) is 0 Å². The maximum absolute atomic E-state index is 5.78. The number of nitrogens with one attached hydrogen (secondary N) is 1. The zero-order valence-corrected chi connectivity index (χ0v) is 16.2. The van der Waals surface area contributed by atoms with Crippen LogP contribution in [0.1, 0.15) is 39.0 Å². The van der Waals surface area contributed by atoms with Crippen LogP contribution in [0, 0.1) is 5.92 Å². The lowest BCUT2D eigenvalue weighted by molar-refractivity contribution is 0.0205. The summed E-state index contributed by atoms with van der Waals surface area (Å²) in [6.45, 7) is 9.73. The number of hydrogen-bond acceptors (Lipinski definition) is 3. The number of likely N-dealkylation sites (tertiary alicyclic amines) is 1. The molecule has 5 nitrogen and oxygen atoms in total. The number of rotatable bonds is 7. The maximum atomic E-state index is 5.78. The fraction of sp³-hybridized carbons (Fsp3) is 0.938. The van der Waals surface area contributed by atoms with Gasteiger partial charge in [-0.1, -0.05) is 0 Å². The molecule has 2 rings (SSSR count). The lowest BCUT2D eigenvalue weighted by Gasteiger charge is -2.22. The van der Waals surface area contributed by atoms with Crippen LogP contribution in [0.5, 0.6) is 0 Å². The molecule has 2 heterocycles. The Kier molecular flexibility index (Phi) is 11.2. The lowest BCUT2D eigenvalue weighted by Crippen LogP contribution is -2.39. The van der Waals surface area contributed by atoms with Crippen LogP contribution in [-0.4, -0.2) is 63.5 Å². The summed E-state index contributed by atoms with van der Waals surface area (Å²) >= 11 is 0. The second kappa shape index (κ2) is 12.4. The van der Waals surface area contributed by atoms with Gasteiger partial charge in [0.05, 0.1) is 0 Å². The molecule has 0 aliphatic carbocycles. The van der Waals surface area contributed by atoms with Crippen LogP contribution in [0.4, 0.5) is 0 Å². The number of nitrogens with zero attached hydrogens (tertiary/aromatic N) is 2. The van der Waals surface area contributed by atoms with Crippen LogP contribution in [0.2, 0.25) is 0 Å². The monoisotopic (exact) mass is 425 g/mol. The van der Waals surface area contributed by atoms with Crippen LogP contribution in [0.25, 0.3) is 0 Å². The van der Waals surface area contributed by atoms with Crippen LogP contribution < -0.4 is 5.32 Å². The summed E-state index contributed by atoms with van der Waals surface area (Å²) < 4.78 is 11.1. The molecule has 130 valence electrons. The van der Waals surface area contributed by atoms with Crippen molar-refractivity contribution in [2.45, 2.75) is 39.0 Å². The SMILES string of the molecule is CCNC(=NCCCOCC1CCOCC1)N1CCCC1.I. The number of halogens is 1. The van der Waals surface area contributed by atoms with Gasteiger partial charge in [0.1, 0.15) is 0 Å². The highest BCUT2D eigenvalue weighted by atomic mass is 127. The topological polar surface area (TPSA) is 46.1 Å². The lowest BCUT2D eigenvalue weighted by atomic mass is 10.0. The van der Waals surface area contributed by atoms with Gasteiger partial charge < -0.3 is 19.7 Å². The Morgan fingerprint density at radius 1 is 1.27 bits per heavy atom. The molecule has 2 aliphatic rings. The fourth-order valence-electron chi connectivity index (χ4n) is 2.87. The summed E-state index contributed by atoms with van der Waals surface area (Å²) in [7, 11) is 0. The van der Waals surface area contributed by atoms with Crippen molar-refractivity contribution in [3.63, 3.8) is 0 Å². The highest BCUT2D eigenvalue weighted by molar-refractivity contribution is 14.0. The van der Waals surface area contributed by atoms with Gasteiger partial charge in [-0.2, -0.15) is 0 Å². The van der Waals surface area contributed by atoms with Crippen LogP contribution in [0.3, 0.4) is 0 Å². The van der Waals surface area contributed by atoms with E-state index in [2.05, 4.69) is 17.1 Å². The molecule has 0 bridgehead atoms. The first-order valence-corrected chi connectivity index (χ1v) is 8.59. The number of ether oxygens (including phenoxy) is 2. The average molecular weight is 425 g/mol. The van der Waals surface area contributed by atoms with Crippen molar-refractivity contribution in [1.82, 2.24) is 10.2 Å². The second-order valence-corrected chi connectivity index (χ2v) is 5.91. The highest BCUT2D eigenvalue weighted by Crippen LogP contribution is 2.14. The second-order valence-electron chi connectivity index (χ2n) is 5.91. The van der Waals surface area contributed by atoms with Crippen molar-refractivity contribution in [2.24, 2.45) is 10.9 Å². The molecule has 22 heavy (non-hydrogen) atoms. The first-order chi connectivity index (χ1) is 10.4. The van der Waals surface area contributed by atoms with Gasteiger partial charge in [0.25, 0.3) is 0 Å². The maximum Gasteiger partial charge on any atom is 0.193 e. The van der Waals surface area contributed by atoms with E-state index in [-0.39, 0.29) is 24.0 Å². The summed E-state index contributed by atoms with van der Waals surface area (Å²) in [5, 5.41) is 3.39. The van der Waals surface area contributed by atoms with Crippen LogP contribution in [0.15, 0.2) is 4.99 Å². The van der Waals surface area contributed by atoms with E-state index in [1.165, 1.54) is 12.8 Å². The molecule has 0 spiro atoms. The van der Waals surface area contributed by atoms with E-state index in [4.69, 9.17) is 14.5 Å². The summed E-state index contributed by atoms with van der Waals surface area (Å²) in [5.74, 6) is 1.78. The molecular weight excluding hydrogens is 393 g/mol. The molecule has 2 saturated heterocycles. The molecule has 0 saturated carbocycles. The Morgan fingerprint density at radius 2 is 2.00 bits per heavy atom. The quantitative estimate of drug-likeness (QED) is 0.295. The van der Waals surface area contributed by atoms with Crippen LogP contribution >= 0.6 is 24.0 Å². The smallest absolute Gasteiger partial charge is 0.193 e. The minimum absolute atomic E-state index is 0. The molecule has 2 aliphatic heterocycles. The largest absolute Gasteiger partial charge is 0.381 e. The molecule has 6 heteroatoms. The third kappa shape index (κ3) is 7.46. The van der Waals surface area contributed by atoms with Gasteiger partial charge in [0.15, 0.2) is 5.96 Å². The summed E-state index contributed by atoms with van der Waals surface area (Å²) in [6, 6.07) is 0. The molecule has 0 amide bonds. The first kappa shape index (κ1) is 20.0. The van der Waals surface area contributed by atoms with Crippen molar-refractivity contribution < 1.29 is 9.47 Å². The molecule has 0 aromatic carbocycles. The fourth-order valence-corrected chi connectivity index (χ4v) is 2.87. The van der Waals surface area contributed by atoms with Crippen molar-refractivity contribution in [2.75, 3.05) is 52.6 Å². The van der Waals surface area contributed by atoms with Crippen molar-refractivity contribution in [3.8, 4) is 0 Å². The Hall–Kier alpha value is -0.0800. The molecule has 1 N–H and O–H groups in total.